The van der Waals surface area contributed by atoms with Crippen LogP contribution in [0.25, 0.3) is 0 Å². The lowest BCUT2D eigenvalue weighted by molar-refractivity contribution is -0.117. The molecule has 1 N–H and O–H groups in total. The van der Waals surface area contributed by atoms with Crippen molar-refractivity contribution in [2.24, 2.45) is 4.99 Å². The third kappa shape index (κ3) is 6.49. The highest BCUT2D eigenvalue weighted by Gasteiger charge is 2.22. The van der Waals surface area contributed by atoms with Crippen LogP contribution in [0.5, 0.6) is 5.75 Å². The van der Waals surface area contributed by atoms with Gasteiger partial charge in [-0.05, 0) is 50.0 Å². The number of guanidine groups is 1. The number of methoxy groups -OCH3 is 1. The van der Waals surface area contributed by atoms with Crippen molar-refractivity contribution in [2.45, 2.75) is 32.2 Å². The number of nitrogens with zero attached hydrogens (tertiary/aromatic N) is 3. The first-order chi connectivity index (χ1) is 13.7. The zero-order chi connectivity index (χ0) is 19.6. The molecule has 0 bridgehead atoms. The molecule has 0 aliphatic carbocycles. The molecule has 7 heteroatoms. The molecule has 2 aliphatic heterocycles. The van der Waals surface area contributed by atoms with Crippen molar-refractivity contribution in [3.63, 3.8) is 0 Å². The summed E-state index contributed by atoms with van der Waals surface area (Å²) < 4.78 is 11.0. The Morgan fingerprint density at radius 2 is 2.04 bits per heavy atom. The van der Waals surface area contributed by atoms with Crippen molar-refractivity contribution in [3.8, 4) is 5.75 Å². The Bertz CT molecular complexity index is 659. The van der Waals surface area contributed by atoms with Crippen molar-refractivity contribution < 1.29 is 14.3 Å². The summed E-state index contributed by atoms with van der Waals surface area (Å²) in [6, 6.07) is 8.40. The van der Waals surface area contributed by atoms with Gasteiger partial charge in [-0.25, -0.2) is 0 Å². The SMILES string of the molecule is COCCN1CC(=O)N=C1NCCCOc1cccc(CN2CCCCC2)c1. The van der Waals surface area contributed by atoms with E-state index in [4.69, 9.17) is 9.47 Å². The van der Waals surface area contributed by atoms with Gasteiger partial charge in [-0.3, -0.25) is 9.69 Å². The van der Waals surface area contributed by atoms with E-state index in [-0.39, 0.29) is 5.91 Å². The van der Waals surface area contributed by atoms with E-state index in [0.29, 0.717) is 38.8 Å². The fourth-order valence-electron chi connectivity index (χ4n) is 3.57. The van der Waals surface area contributed by atoms with Crippen LogP contribution in [-0.2, 0) is 16.1 Å². The number of hydrogen-bond acceptors (Lipinski definition) is 6. The molecule has 0 spiro atoms. The number of hydrogen-bond donors (Lipinski definition) is 1. The Hall–Kier alpha value is -2.12. The number of ether oxygens (including phenoxy) is 2. The topological polar surface area (TPSA) is 66.4 Å². The summed E-state index contributed by atoms with van der Waals surface area (Å²) in [6.07, 6.45) is 4.81. The van der Waals surface area contributed by atoms with Gasteiger partial charge in [0.15, 0.2) is 0 Å². The first kappa shape index (κ1) is 20.6. The van der Waals surface area contributed by atoms with Gasteiger partial charge in [0.1, 0.15) is 12.3 Å². The molecule has 154 valence electrons. The van der Waals surface area contributed by atoms with Crippen molar-refractivity contribution >= 4 is 11.9 Å². The summed E-state index contributed by atoms with van der Waals surface area (Å²) in [4.78, 5) is 20.0. The molecule has 1 fully saturated rings. The zero-order valence-corrected chi connectivity index (χ0v) is 16.9. The molecule has 1 aromatic rings. The van der Waals surface area contributed by atoms with Crippen molar-refractivity contribution in [1.29, 1.82) is 0 Å². The predicted molar refractivity (Wildman–Crippen MR) is 110 cm³/mol. The molecule has 28 heavy (non-hydrogen) atoms. The quantitative estimate of drug-likeness (QED) is 0.618. The van der Waals surface area contributed by atoms with Gasteiger partial charge in [-0.1, -0.05) is 18.6 Å². The summed E-state index contributed by atoms with van der Waals surface area (Å²) in [5.74, 6) is 1.45. The molecular weight excluding hydrogens is 356 g/mol. The lowest BCUT2D eigenvalue weighted by Crippen LogP contribution is -2.40. The van der Waals surface area contributed by atoms with Gasteiger partial charge >= 0.3 is 0 Å². The number of piperidine rings is 1. The predicted octanol–water partition coefficient (Wildman–Crippen LogP) is 1.88. The Balaban J connectivity index is 1.36. The third-order valence-electron chi connectivity index (χ3n) is 5.05. The Morgan fingerprint density at radius 3 is 2.86 bits per heavy atom. The van der Waals surface area contributed by atoms with Crippen molar-refractivity contribution in [2.75, 3.05) is 53.0 Å². The maximum absolute atomic E-state index is 11.5. The molecule has 0 unspecified atom stereocenters. The second-order valence-electron chi connectivity index (χ2n) is 7.36. The standard InChI is InChI=1S/C21H32N4O3/c1-27-14-12-25-17-20(26)23-21(25)22-9-6-13-28-19-8-5-7-18(15-19)16-24-10-3-2-4-11-24/h5,7-8,15H,2-4,6,9-14,16-17H2,1H3,(H,22,23,26). The third-order valence-corrected chi connectivity index (χ3v) is 5.05. The summed E-state index contributed by atoms with van der Waals surface area (Å²) in [6.45, 7) is 6.30. The lowest BCUT2D eigenvalue weighted by Gasteiger charge is -2.26. The summed E-state index contributed by atoms with van der Waals surface area (Å²) in [5, 5.41) is 3.24. The molecule has 0 radical (unpaired) electrons. The van der Waals surface area contributed by atoms with E-state index in [1.54, 1.807) is 7.11 Å². The average molecular weight is 389 g/mol. The van der Waals surface area contributed by atoms with Crippen LogP contribution >= 0.6 is 0 Å². The normalized spacial score (nSPS) is 17.7. The van der Waals surface area contributed by atoms with Crippen molar-refractivity contribution in [1.82, 2.24) is 15.1 Å². The van der Waals surface area contributed by atoms with Gasteiger partial charge in [0, 0.05) is 26.7 Å². The van der Waals surface area contributed by atoms with Gasteiger partial charge in [-0.2, -0.15) is 4.99 Å². The number of rotatable bonds is 10. The van der Waals surface area contributed by atoms with Gasteiger partial charge < -0.3 is 19.7 Å². The maximum atomic E-state index is 11.5. The van der Waals surface area contributed by atoms with Crippen LogP contribution in [0.3, 0.4) is 0 Å². The first-order valence-corrected chi connectivity index (χ1v) is 10.3. The van der Waals surface area contributed by atoms with Gasteiger partial charge in [0.25, 0.3) is 5.91 Å². The highest BCUT2D eigenvalue weighted by atomic mass is 16.5. The minimum Gasteiger partial charge on any atom is -0.494 e. The minimum absolute atomic E-state index is 0.111. The molecule has 0 saturated carbocycles. The summed E-state index contributed by atoms with van der Waals surface area (Å²) in [7, 11) is 1.65. The van der Waals surface area contributed by atoms with Crippen LogP contribution < -0.4 is 10.1 Å². The largest absolute Gasteiger partial charge is 0.494 e. The van der Waals surface area contributed by atoms with Crippen LogP contribution in [0.1, 0.15) is 31.2 Å². The van der Waals surface area contributed by atoms with Crippen molar-refractivity contribution in [3.05, 3.63) is 29.8 Å². The fourth-order valence-corrected chi connectivity index (χ4v) is 3.57. The molecule has 1 saturated heterocycles. The van der Waals surface area contributed by atoms with E-state index in [2.05, 4.69) is 33.4 Å². The molecule has 0 atom stereocenters. The maximum Gasteiger partial charge on any atom is 0.268 e. The molecule has 2 aliphatic rings. The Labute approximate surface area is 167 Å². The molecule has 1 amide bonds. The van der Waals surface area contributed by atoms with Gasteiger partial charge in [0.05, 0.1) is 13.2 Å². The van der Waals surface area contributed by atoms with E-state index in [9.17, 15) is 4.79 Å². The second-order valence-corrected chi connectivity index (χ2v) is 7.36. The van der Waals surface area contributed by atoms with Crippen LogP contribution in [0.4, 0.5) is 0 Å². The molecule has 2 heterocycles. The number of benzene rings is 1. The van der Waals surface area contributed by atoms with E-state index >= 15 is 0 Å². The van der Waals surface area contributed by atoms with Crippen LogP contribution in [0, 0.1) is 0 Å². The summed E-state index contributed by atoms with van der Waals surface area (Å²) >= 11 is 0. The van der Waals surface area contributed by atoms with E-state index < -0.39 is 0 Å². The molecule has 1 aromatic carbocycles. The van der Waals surface area contributed by atoms with E-state index in [1.807, 2.05) is 11.0 Å². The number of aliphatic imine (C=N–C) groups is 1. The van der Waals surface area contributed by atoms with Crippen LogP contribution in [0.15, 0.2) is 29.3 Å². The molecule has 0 aromatic heterocycles. The van der Waals surface area contributed by atoms with Crippen LogP contribution in [0.2, 0.25) is 0 Å². The monoisotopic (exact) mass is 388 g/mol. The number of carbonyl (C=O) groups is 1. The number of carbonyl (C=O) groups excluding carboxylic acids is 1. The molecular formula is C21H32N4O3. The molecule has 7 nitrogen and oxygen atoms in total. The zero-order valence-electron chi connectivity index (χ0n) is 16.9. The van der Waals surface area contributed by atoms with Gasteiger partial charge in [-0.15, -0.1) is 0 Å². The number of likely N-dealkylation sites (tertiary alicyclic amines) is 1. The van der Waals surface area contributed by atoms with E-state index in [1.165, 1.54) is 37.9 Å². The molecule has 3 rings (SSSR count). The van der Waals surface area contributed by atoms with E-state index in [0.717, 1.165) is 18.7 Å². The highest BCUT2D eigenvalue weighted by Crippen LogP contribution is 2.17. The number of amides is 1. The number of nitrogens with one attached hydrogen (secondary N) is 1. The lowest BCUT2D eigenvalue weighted by atomic mass is 10.1. The first-order valence-electron chi connectivity index (χ1n) is 10.3. The summed E-state index contributed by atoms with van der Waals surface area (Å²) in [5.41, 5.74) is 1.31. The van der Waals surface area contributed by atoms with Crippen LogP contribution in [-0.4, -0.2) is 74.7 Å². The second kappa shape index (κ2) is 11.0. The van der Waals surface area contributed by atoms with Gasteiger partial charge in [0.2, 0.25) is 5.96 Å². The Morgan fingerprint density at radius 1 is 1.18 bits per heavy atom. The fraction of sp³-hybridized carbons (Fsp3) is 0.619. The average Bonchev–Trinajstić information content (AvgIpc) is 3.06. The minimum atomic E-state index is -0.111. The smallest absolute Gasteiger partial charge is 0.268 e. The highest BCUT2D eigenvalue weighted by molar-refractivity contribution is 6.00. The Kier molecular flexibility index (Phi) is 8.11.